The molecule has 8 nitrogen and oxygen atoms in total. The molecular formula is C14H17N7O. The zero-order valence-corrected chi connectivity index (χ0v) is 12.3. The molecular weight excluding hydrogens is 282 g/mol. The molecule has 2 aromatic rings. The number of nitriles is 1. The summed E-state index contributed by atoms with van der Waals surface area (Å²) in [7, 11) is 0. The van der Waals surface area contributed by atoms with Crippen LogP contribution in [-0.4, -0.2) is 48.8 Å². The number of hydrogen-bond acceptors (Lipinski definition) is 7. The Morgan fingerprint density at radius 2 is 2.14 bits per heavy atom. The van der Waals surface area contributed by atoms with E-state index >= 15 is 0 Å². The van der Waals surface area contributed by atoms with Crippen molar-refractivity contribution in [3.63, 3.8) is 0 Å². The summed E-state index contributed by atoms with van der Waals surface area (Å²) in [5.41, 5.74) is 1.14. The summed E-state index contributed by atoms with van der Waals surface area (Å²) in [5, 5.41) is 27.6. The lowest BCUT2D eigenvalue weighted by Crippen LogP contribution is -2.47. The van der Waals surface area contributed by atoms with Crippen molar-refractivity contribution < 1.29 is 5.11 Å². The second-order valence-corrected chi connectivity index (χ2v) is 5.58. The van der Waals surface area contributed by atoms with Gasteiger partial charge in [-0.25, -0.2) is 14.6 Å². The third-order valence-electron chi connectivity index (χ3n) is 4.05. The summed E-state index contributed by atoms with van der Waals surface area (Å²) < 4.78 is 1.65. The smallest absolute Gasteiger partial charge is 0.167 e. The molecule has 0 aliphatic carbocycles. The van der Waals surface area contributed by atoms with Crippen LogP contribution < -0.4 is 4.90 Å². The van der Waals surface area contributed by atoms with E-state index in [-0.39, 0.29) is 0 Å². The van der Waals surface area contributed by atoms with E-state index in [1.165, 1.54) is 6.33 Å². The maximum atomic E-state index is 10.7. The highest BCUT2D eigenvalue weighted by Gasteiger charge is 2.34. The van der Waals surface area contributed by atoms with Gasteiger partial charge in [0.1, 0.15) is 12.4 Å². The van der Waals surface area contributed by atoms with Crippen LogP contribution in [0.4, 0.5) is 5.69 Å². The van der Waals surface area contributed by atoms with Crippen molar-refractivity contribution in [2.45, 2.75) is 31.9 Å². The molecule has 3 heterocycles. The molecule has 0 amide bonds. The Labute approximate surface area is 128 Å². The van der Waals surface area contributed by atoms with E-state index in [9.17, 15) is 10.4 Å². The van der Waals surface area contributed by atoms with E-state index < -0.39 is 5.60 Å². The lowest BCUT2D eigenvalue weighted by Gasteiger charge is -2.39. The van der Waals surface area contributed by atoms with Gasteiger partial charge in [-0.2, -0.15) is 5.26 Å². The van der Waals surface area contributed by atoms with E-state index in [4.69, 9.17) is 0 Å². The molecule has 114 valence electrons. The SMILES string of the molecule is Cc1ncnc(C#N)c1N1CCC(O)(Cn2ccnn2)CC1. The van der Waals surface area contributed by atoms with Gasteiger partial charge < -0.3 is 10.0 Å². The Hall–Kier alpha value is -2.53. The number of anilines is 1. The summed E-state index contributed by atoms with van der Waals surface area (Å²) in [5.74, 6) is 0. The van der Waals surface area contributed by atoms with Crippen molar-refractivity contribution in [3.05, 3.63) is 30.1 Å². The summed E-state index contributed by atoms with van der Waals surface area (Å²) >= 11 is 0. The molecule has 0 atom stereocenters. The Morgan fingerprint density at radius 3 is 2.77 bits per heavy atom. The minimum atomic E-state index is -0.805. The van der Waals surface area contributed by atoms with Crippen LogP contribution in [0.3, 0.4) is 0 Å². The Bertz CT molecular complexity index is 684. The van der Waals surface area contributed by atoms with Gasteiger partial charge in [0, 0.05) is 19.3 Å². The van der Waals surface area contributed by atoms with Gasteiger partial charge in [0.05, 0.1) is 29.7 Å². The van der Waals surface area contributed by atoms with Gasteiger partial charge in [0.15, 0.2) is 5.69 Å². The fourth-order valence-corrected chi connectivity index (χ4v) is 2.85. The third kappa shape index (κ3) is 2.76. The first-order valence-corrected chi connectivity index (χ1v) is 7.14. The number of piperidine rings is 1. The van der Waals surface area contributed by atoms with Crippen LogP contribution in [0.15, 0.2) is 18.7 Å². The van der Waals surface area contributed by atoms with E-state index in [1.807, 2.05) is 6.92 Å². The van der Waals surface area contributed by atoms with Crippen LogP contribution in [0.5, 0.6) is 0 Å². The van der Waals surface area contributed by atoms with E-state index in [2.05, 4.69) is 31.2 Å². The topological polar surface area (TPSA) is 104 Å². The summed E-state index contributed by atoms with van der Waals surface area (Å²) in [6, 6.07) is 2.11. The molecule has 0 radical (unpaired) electrons. The first-order chi connectivity index (χ1) is 10.6. The molecule has 22 heavy (non-hydrogen) atoms. The van der Waals surface area contributed by atoms with Crippen molar-refractivity contribution in [1.29, 1.82) is 5.26 Å². The van der Waals surface area contributed by atoms with Gasteiger partial charge in [-0.1, -0.05) is 5.21 Å². The molecule has 3 rings (SSSR count). The fourth-order valence-electron chi connectivity index (χ4n) is 2.85. The summed E-state index contributed by atoms with van der Waals surface area (Å²) in [6.45, 7) is 3.59. The molecule has 0 bridgehead atoms. The predicted octanol–water partition coefficient (Wildman–Crippen LogP) is 0.280. The first kappa shape index (κ1) is 14.4. The molecule has 1 aliphatic rings. The molecule has 1 fully saturated rings. The number of rotatable bonds is 3. The van der Waals surface area contributed by atoms with Gasteiger partial charge in [-0.15, -0.1) is 5.10 Å². The number of hydrogen-bond donors (Lipinski definition) is 1. The highest BCUT2D eigenvalue weighted by Crippen LogP contribution is 2.30. The van der Waals surface area contributed by atoms with Crippen molar-refractivity contribution in [3.8, 4) is 6.07 Å². The number of nitrogens with zero attached hydrogens (tertiary/aromatic N) is 7. The van der Waals surface area contributed by atoms with Crippen LogP contribution in [0.1, 0.15) is 24.2 Å². The summed E-state index contributed by atoms with van der Waals surface area (Å²) in [6.07, 6.45) is 5.93. The molecule has 1 saturated heterocycles. The zero-order chi connectivity index (χ0) is 15.6. The Kier molecular flexibility index (Phi) is 3.73. The molecule has 0 unspecified atom stereocenters. The first-order valence-electron chi connectivity index (χ1n) is 7.14. The van der Waals surface area contributed by atoms with Crippen molar-refractivity contribution in [1.82, 2.24) is 25.0 Å². The van der Waals surface area contributed by atoms with E-state index in [1.54, 1.807) is 17.1 Å². The standard InChI is InChI=1S/C14H17N7O/c1-11-13(12(8-15)17-10-16-11)20-5-2-14(22,3-6-20)9-21-7-4-18-19-21/h4,7,10,22H,2-3,5-6,9H2,1H3. The molecule has 0 aromatic carbocycles. The van der Waals surface area contributed by atoms with Gasteiger partial charge in [-0.3, -0.25) is 0 Å². The fraction of sp³-hybridized carbons (Fsp3) is 0.500. The van der Waals surface area contributed by atoms with Crippen LogP contribution in [0.2, 0.25) is 0 Å². The van der Waals surface area contributed by atoms with Crippen molar-refractivity contribution >= 4 is 5.69 Å². The minimum absolute atomic E-state index is 0.384. The molecule has 2 aromatic heterocycles. The monoisotopic (exact) mass is 299 g/mol. The van der Waals surface area contributed by atoms with Crippen LogP contribution in [0, 0.1) is 18.3 Å². The zero-order valence-electron chi connectivity index (χ0n) is 12.3. The van der Waals surface area contributed by atoms with Gasteiger partial charge in [0.2, 0.25) is 0 Å². The predicted molar refractivity (Wildman–Crippen MR) is 77.9 cm³/mol. The normalized spacial score (nSPS) is 17.2. The van der Waals surface area contributed by atoms with E-state index in [0.29, 0.717) is 38.2 Å². The van der Waals surface area contributed by atoms with Gasteiger partial charge in [-0.05, 0) is 19.8 Å². The van der Waals surface area contributed by atoms with Gasteiger partial charge >= 0.3 is 0 Å². The maximum Gasteiger partial charge on any atom is 0.167 e. The lowest BCUT2D eigenvalue weighted by molar-refractivity contribution is -0.00350. The Morgan fingerprint density at radius 1 is 1.36 bits per heavy atom. The molecule has 1 aliphatic heterocycles. The van der Waals surface area contributed by atoms with Gasteiger partial charge in [0.25, 0.3) is 0 Å². The maximum absolute atomic E-state index is 10.7. The minimum Gasteiger partial charge on any atom is -0.388 e. The molecule has 0 saturated carbocycles. The van der Waals surface area contributed by atoms with Crippen LogP contribution in [-0.2, 0) is 6.54 Å². The second-order valence-electron chi connectivity index (χ2n) is 5.58. The quantitative estimate of drug-likeness (QED) is 0.868. The van der Waals surface area contributed by atoms with Crippen molar-refractivity contribution in [2.75, 3.05) is 18.0 Å². The number of aromatic nitrogens is 5. The molecule has 0 spiro atoms. The van der Waals surface area contributed by atoms with Crippen molar-refractivity contribution in [2.24, 2.45) is 0 Å². The number of aryl methyl sites for hydroxylation is 1. The second kappa shape index (κ2) is 5.69. The number of aliphatic hydroxyl groups is 1. The molecule has 1 N–H and O–H groups in total. The average Bonchev–Trinajstić information content (AvgIpc) is 3.00. The average molecular weight is 299 g/mol. The third-order valence-corrected chi connectivity index (χ3v) is 4.05. The highest BCUT2D eigenvalue weighted by atomic mass is 16.3. The highest BCUT2D eigenvalue weighted by molar-refractivity contribution is 5.59. The lowest BCUT2D eigenvalue weighted by atomic mass is 9.91. The van der Waals surface area contributed by atoms with Crippen LogP contribution in [0.25, 0.3) is 0 Å². The van der Waals surface area contributed by atoms with E-state index in [0.717, 1.165) is 11.4 Å². The molecule has 8 heteroatoms. The summed E-state index contributed by atoms with van der Waals surface area (Å²) in [4.78, 5) is 10.3. The Balaban J connectivity index is 1.73. The van der Waals surface area contributed by atoms with Crippen LogP contribution >= 0.6 is 0 Å². The largest absolute Gasteiger partial charge is 0.388 e.